The van der Waals surface area contributed by atoms with Gasteiger partial charge in [0.05, 0.1) is 6.61 Å². The zero-order valence-electron chi connectivity index (χ0n) is 6.51. The molecule has 0 aliphatic heterocycles. The van der Waals surface area contributed by atoms with Crippen LogP contribution in [-0.4, -0.2) is 51.4 Å². The number of aliphatic carboxylic acids is 2. The molecule has 13 heavy (non-hydrogen) atoms. The first kappa shape index (κ1) is 12.3. The van der Waals surface area contributed by atoms with Crippen LogP contribution in [0.5, 0.6) is 0 Å². The fourth-order valence-corrected chi connectivity index (χ4v) is 0.785. The van der Waals surface area contributed by atoms with Gasteiger partial charge in [0.1, 0.15) is 0 Å². The van der Waals surface area contributed by atoms with Crippen molar-refractivity contribution < 1.29 is 29.6 Å². The predicted octanol–water partition coefficient (Wildman–Crippen LogP) is -0.703. The van der Waals surface area contributed by atoms with E-state index in [1.54, 1.807) is 0 Å². The lowest BCUT2D eigenvalue weighted by molar-refractivity contribution is -0.170. The average Bonchev–Trinajstić information content (AvgIpc) is 2.04. The summed E-state index contributed by atoms with van der Waals surface area (Å²) in [5.41, 5.74) is 0. The number of halogens is 1. The molecule has 2 unspecified atom stereocenters. The van der Waals surface area contributed by atoms with E-state index in [4.69, 9.17) is 15.3 Å². The molecule has 3 N–H and O–H groups in total. The summed E-state index contributed by atoms with van der Waals surface area (Å²) in [5.74, 6) is -3.13. The van der Waals surface area contributed by atoms with Gasteiger partial charge in [0, 0.05) is 5.33 Å². The van der Waals surface area contributed by atoms with Gasteiger partial charge in [-0.1, -0.05) is 15.9 Å². The highest BCUT2D eigenvalue weighted by Gasteiger charge is 2.32. The Hall–Kier alpha value is -0.660. The molecule has 0 bridgehead atoms. The van der Waals surface area contributed by atoms with Crippen LogP contribution in [0.25, 0.3) is 0 Å². The first-order valence-electron chi connectivity index (χ1n) is 3.32. The largest absolute Gasteiger partial charge is 0.479 e. The minimum absolute atomic E-state index is 0.0152. The molecule has 0 saturated heterocycles. The Balaban J connectivity index is 4.24. The van der Waals surface area contributed by atoms with E-state index in [1.165, 1.54) is 0 Å². The zero-order chi connectivity index (χ0) is 10.4. The predicted molar refractivity (Wildman–Crippen MR) is 44.8 cm³/mol. The van der Waals surface area contributed by atoms with Gasteiger partial charge in [-0.2, -0.15) is 0 Å². The van der Waals surface area contributed by atoms with Crippen molar-refractivity contribution in [1.29, 1.82) is 0 Å². The fraction of sp³-hybridized carbons (Fsp3) is 0.667. The number of carboxylic acid groups (broad SMARTS) is 2. The maximum atomic E-state index is 10.4. The second-order valence-electron chi connectivity index (χ2n) is 2.10. The van der Waals surface area contributed by atoms with E-state index in [-0.39, 0.29) is 6.61 Å². The Morgan fingerprint density at radius 1 is 1.31 bits per heavy atom. The summed E-state index contributed by atoms with van der Waals surface area (Å²) in [6, 6.07) is 0. The maximum Gasteiger partial charge on any atom is 0.336 e. The summed E-state index contributed by atoms with van der Waals surface area (Å²) in [4.78, 5) is 20.6. The summed E-state index contributed by atoms with van der Waals surface area (Å²) in [6.45, 7) is 0.0152. The molecule has 0 saturated carbocycles. The highest BCUT2D eigenvalue weighted by molar-refractivity contribution is 9.09. The average molecular weight is 257 g/mol. The van der Waals surface area contributed by atoms with E-state index < -0.39 is 24.1 Å². The second kappa shape index (κ2) is 5.90. The van der Waals surface area contributed by atoms with E-state index in [0.717, 1.165) is 0 Å². The number of aliphatic hydroxyl groups excluding tert-OH is 1. The summed E-state index contributed by atoms with van der Waals surface area (Å²) < 4.78 is 4.60. The molecule has 6 nitrogen and oxygen atoms in total. The molecule has 0 aromatic carbocycles. The molecule has 0 aromatic heterocycles. The van der Waals surface area contributed by atoms with E-state index in [2.05, 4.69) is 20.7 Å². The Labute approximate surface area is 82.3 Å². The van der Waals surface area contributed by atoms with Crippen molar-refractivity contribution in [2.75, 3.05) is 11.9 Å². The number of hydrogen-bond donors (Lipinski definition) is 3. The SMILES string of the molecule is O=C(O)C(O)C(OCCBr)C(=O)O. The minimum Gasteiger partial charge on any atom is -0.479 e. The third kappa shape index (κ3) is 4.20. The molecular weight excluding hydrogens is 248 g/mol. The molecule has 0 amide bonds. The Bertz CT molecular complexity index is 194. The van der Waals surface area contributed by atoms with Crippen molar-refractivity contribution in [3.05, 3.63) is 0 Å². The number of aliphatic hydroxyl groups is 1. The molecule has 0 heterocycles. The highest BCUT2D eigenvalue weighted by Crippen LogP contribution is 2.01. The van der Waals surface area contributed by atoms with Crippen molar-refractivity contribution in [2.45, 2.75) is 12.2 Å². The summed E-state index contributed by atoms with van der Waals surface area (Å²) in [6.07, 6.45) is -3.77. The number of alkyl halides is 1. The molecule has 76 valence electrons. The molecule has 0 fully saturated rings. The van der Waals surface area contributed by atoms with Gasteiger partial charge < -0.3 is 20.1 Å². The summed E-state index contributed by atoms with van der Waals surface area (Å²) >= 11 is 2.97. The van der Waals surface area contributed by atoms with Gasteiger partial charge in [-0.15, -0.1) is 0 Å². The fourth-order valence-electron chi connectivity index (χ4n) is 0.598. The van der Waals surface area contributed by atoms with Gasteiger partial charge in [-0.25, -0.2) is 9.59 Å². The monoisotopic (exact) mass is 256 g/mol. The van der Waals surface area contributed by atoms with Crippen LogP contribution in [-0.2, 0) is 14.3 Å². The van der Waals surface area contributed by atoms with Gasteiger partial charge in [0.25, 0.3) is 0 Å². The third-order valence-corrected chi connectivity index (χ3v) is 1.48. The highest BCUT2D eigenvalue weighted by atomic mass is 79.9. The lowest BCUT2D eigenvalue weighted by atomic mass is 10.2. The number of ether oxygens (including phenoxy) is 1. The Morgan fingerprint density at radius 2 is 1.85 bits per heavy atom. The van der Waals surface area contributed by atoms with Gasteiger partial charge >= 0.3 is 11.9 Å². The van der Waals surface area contributed by atoms with Crippen LogP contribution < -0.4 is 0 Å². The summed E-state index contributed by atoms with van der Waals surface area (Å²) in [5, 5.41) is 26.0. The van der Waals surface area contributed by atoms with Crippen LogP contribution in [0.1, 0.15) is 0 Å². The molecule has 0 spiro atoms. The Morgan fingerprint density at radius 3 is 2.15 bits per heavy atom. The lowest BCUT2D eigenvalue weighted by Crippen LogP contribution is -2.42. The van der Waals surface area contributed by atoms with E-state index in [0.29, 0.717) is 5.33 Å². The van der Waals surface area contributed by atoms with Crippen LogP contribution in [0.2, 0.25) is 0 Å². The first-order chi connectivity index (χ1) is 6.00. The lowest BCUT2D eigenvalue weighted by Gasteiger charge is -2.15. The van der Waals surface area contributed by atoms with E-state index >= 15 is 0 Å². The van der Waals surface area contributed by atoms with Crippen molar-refractivity contribution in [2.24, 2.45) is 0 Å². The van der Waals surface area contributed by atoms with Crippen molar-refractivity contribution >= 4 is 27.9 Å². The molecule has 0 rings (SSSR count). The first-order valence-corrected chi connectivity index (χ1v) is 4.44. The quantitative estimate of drug-likeness (QED) is 0.543. The molecule has 0 aliphatic rings. The number of carbonyl (C=O) groups is 2. The topological polar surface area (TPSA) is 104 Å². The van der Waals surface area contributed by atoms with Gasteiger partial charge in [-0.3, -0.25) is 0 Å². The van der Waals surface area contributed by atoms with Gasteiger partial charge in [0.2, 0.25) is 0 Å². The van der Waals surface area contributed by atoms with Crippen LogP contribution >= 0.6 is 15.9 Å². The van der Waals surface area contributed by atoms with E-state index in [9.17, 15) is 9.59 Å². The number of carboxylic acids is 2. The van der Waals surface area contributed by atoms with Crippen LogP contribution in [0.15, 0.2) is 0 Å². The van der Waals surface area contributed by atoms with Gasteiger partial charge in [-0.05, 0) is 0 Å². The van der Waals surface area contributed by atoms with Crippen LogP contribution in [0, 0.1) is 0 Å². The molecular formula is C6H9BrO6. The van der Waals surface area contributed by atoms with Crippen molar-refractivity contribution in [3.63, 3.8) is 0 Å². The van der Waals surface area contributed by atoms with Gasteiger partial charge in [0.15, 0.2) is 12.2 Å². The summed E-state index contributed by atoms with van der Waals surface area (Å²) in [7, 11) is 0. The zero-order valence-corrected chi connectivity index (χ0v) is 8.10. The maximum absolute atomic E-state index is 10.4. The smallest absolute Gasteiger partial charge is 0.336 e. The second-order valence-corrected chi connectivity index (χ2v) is 2.89. The number of hydrogen-bond acceptors (Lipinski definition) is 4. The van der Waals surface area contributed by atoms with Crippen LogP contribution in [0.3, 0.4) is 0 Å². The normalized spacial score (nSPS) is 14.9. The number of rotatable bonds is 6. The molecule has 0 aliphatic carbocycles. The van der Waals surface area contributed by atoms with Crippen molar-refractivity contribution in [1.82, 2.24) is 0 Å². The van der Waals surface area contributed by atoms with Crippen LogP contribution in [0.4, 0.5) is 0 Å². The standard InChI is InChI=1S/C6H9BrO6/c7-1-2-13-4(6(11)12)3(8)5(9)10/h3-4,8H,1-2H2,(H,9,10)(H,11,12). The third-order valence-electron chi connectivity index (χ3n) is 1.16. The van der Waals surface area contributed by atoms with E-state index in [1.807, 2.05) is 0 Å². The molecule has 7 heteroatoms. The Kier molecular flexibility index (Phi) is 5.60. The van der Waals surface area contributed by atoms with Crippen molar-refractivity contribution in [3.8, 4) is 0 Å². The molecule has 0 radical (unpaired) electrons. The molecule has 0 aromatic rings. The minimum atomic E-state index is -2.04. The molecule has 2 atom stereocenters.